The van der Waals surface area contributed by atoms with Gasteiger partial charge in [-0.25, -0.2) is 9.13 Å². The molecule has 0 radical (unpaired) electrons. The summed E-state index contributed by atoms with van der Waals surface area (Å²) in [6.45, 7) is 1.93. The summed E-state index contributed by atoms with van der Waals surface area (Å²) in [4.78, 5) is 10.3. The van der Waals surface area contributed by atoms with Crippen LogP contribution in [0.25, 0.3) is 0 Å². The van der Waals surface area contributed by atoms with Crippen molar-refractivity contribution in [2.45, 2.75) is 13.3 Å². The van der Waals surface area contributed by atoms with Gasteiger partial charge in [0.1, 0.15) is 11.9 Å². The zero-order valence-corrected chi connectivity index (χ0v) is 7.50. The summed E-state index contributed by atoms with van der Waals surface area (Å²) in [6.07, 6.45) is 1.77. The Morgan fingerprint density at radius 1 is 1.75 bits per heavy atom. The van der Waals surface area contributed by atoms with Gasteiger partial charge >= 0.3 is 0 Å². The number of hydrogen-bond donors (Lipinski definition) is 0. The highest BCUT2D eigenvalue weighted by molar-refractivity contribution is 5.67. The van der Waals surface area contributed by atoms with E-state index in [0.717, 1.165) is 11.5 Å². The maximum absolute atomic E-state index is 10.3. The van der Waals surface area contributed by atoms with Crippen LogP contribution in [0.1, 0.15) is 11.5 Å². The van der Waals surface area contributed by atoms with Gasteiger partial charge in [-0.15, -0.1) is 0 Å². The van der Waals surface area contributed by atoms with E-state index in [0.29, 0.717) is 0 Å². The molecule has 0 aromatic carbocycles. The van der Waals surface area contributed by atoms with Crippen molar-refractivity contribution in [2.75, 3.05) is 0 Å². The fourth-order valence-electron chi connectivity index (χ4n) is 1.16. The van der Waals surface area contributed by atoms with Crippen LogP contribution in [0.5, 0.6) is 0 Å². The lowest BCUT2D eigenvalue weighted by molar-refractivity contribution is -0.677. The van der Waals surface area contributed by atoms with E-state index in [1.807, 2.05) is 30.2 Å². The first kappa shape index (κ1) is 8.77. The molecule has 0 saturated heterocycles. The molecular formula is C8H12N2O2. The van der Waals surface area contributed by atoms with E-state index >= 15 is 0 Å². The molecular weight excluding hydrogens is 156 g/mol. The second kappa shape index (κ2) is 2.97. The summed E-state index contributed by atoms with van der Waals surface area (Å²) >= 11 is 0. The molecule has 1 heterocycles. The summed E-state index contributed by atoms with van der Waals surface area (Å²) in [5.41, 5.74) is 0.759. The highest BCUT2D eigenvalue weighted by Crippen LogP contribution is 1.99. The monoisotopic (exact) mass is 168 g/mol. The van der Waals surface area contributed by atoms with Gasteiger partial charge in [-0.3, -0.25) is 0 Å². The number of carboxylic acids is 1. The Labute approximate surface area is 71.1 Å². The van der Waals surface area contributed by atoms with Gasteiger partial charge in [0, 0.05) is 12.9 Å². The maximum atomic E-state index is 10.3. The Balaban J connectivity index is 3.01. The van der Waals surface area contributed by atoms with Crippen molar-refractivity contribution in [3.05, 3.63) is 17.7 Å². The molecule has 4 nitrogen and oxygen atoms in total. The van der Waals surface area contributed by atoms with Crippen molar-refractivity contribution in [3.63, 3.8) is 0 Å². The molecule has 66 valence electrons. The fourth-order valence-corrected chi connectivity index (χ4v) is 1.16. The number of hydrogen-bond acceptors (Lipinski definition) is 2. The van der Waals surface area contributed by atoms with E-state index in [-0.39, 0.29) is 6.42 Å². The number of rotatable bonds is 2. The fraction of sp³-hybridized carbons (Fsp3) is 0.500. The predicted molar refractivity (Wildman–Crippen MR) is 40.0 cm³/mol. The van der Waals surface area contributed by atoms with Gasteiger partial charge in [-0.05, 0) is 0 Å². The zero-order chi connectivity index (χ0) is 9.30. The number of aromatic nitrogens is 2. The largest absolute Gasteiger partial charge is 0.550 e. The molecule has 0 aliphatic rings. The van der Waals surface area contributed by atoms with Crippen LogP contribution in [0, 0.1) is 6.92 Å². The molecule has 1 aromatic heterocycles. The van der Waals surface area contributed by atoms with Gasteiger partial charge in [0.2, 0.25) is 0 Å². The molecule has 0 fully saturated rings. The number of carbonyl (C=O) groups is 1. The van der Waals surface area contributed by atoms with Crippen molar-refractivity contribution in [1.29, 1.82) is 0 Å². The van der Waals surface area contributed by atoms with E-state index in [4.69, 9.17) is 0 Å². The van der Waals surface area contributed by atoms with Crippen molar-refractivity contribution >= 4 is 5.97 Å². The summed E-state index contributed by atoms with van der Waals surface area (Å²) in [6, 6.07) is 0. The topological polar surface area (TPSA) is 48.9 Å². The average molecular weight is 168 g/mol. The van der Waals surface area contributed by atoms with E-state index in [1.54, 1.807) is 6.20 Å². The van der Waals surface area contributed by atoms with Crippen molar-refractivity contribution in [1.82, 2.24) is 4.57 Å². The van der Waals surface area contributed by atoms with E-state index in [1.165, 1.54) is 0 Å². The lowest BCUT2D eigenvalue weighted by atomic mass is 10.3. The van der Waals surface area contributed by atoms with Crippen molar-refractivity contribution in [3.8, 4) is 0 Å². The van der Waals surface area contributed by atoms with Crippen LogP contribution in [-0.4, -0.2) is 10.5 Å². The quantitative estimate of drug-likeness (QED) is 0.502. The molecule has 0 amide bonds. The molecule has 0 atom stereocenters. The van der Waals surface area contributed by atoms with Crippen LogP contribution in [0.2, 0.25) is 0 Å². The zero-order valence-electron chi connectivity index (χ0n) is 7.50. The Kier molecular flexibility index (Phi) is 2.17. The lowest BCUT2D eigenvalue weighted by Gasteiger charge is -1.97. The normalized spacial score (nSPS) is 10.2. The highest BCUT2D eigenvalue weighted by Gasteiger charge is 2.12. The van der Waals surface area contributed by atoms with Gasteiger partial charge in [-0.1, -0.05) is 0 Å². The number of nitrogens with zero attached hydrogens (tertiary/aromatic N) is 2. The molecule has 4 heteroatoms. The molecule has 0 aliphatic heterocycles. The third kappa shape index (κ3) is 1.47. The first-order valence-corrected chi connectivity index (χ1v) is 3.73. The second-order valence-corrected chi connectivity index (χ2v) is 2.89. The Morgan fingerprint density at radius 3 is 2.67 bits per heavy atom. The van der Waals surface area contributed by atoms with Crippen LogP contribution in [-0.2, 0) is 25.3 Å². The van der Waals surface area contributed by atoms with Gasteiger partial charge in [-0.2, -0.15) is 0 Å². The molecule has 1 aromatic rings. The van der Waals surface area contributed by atoms with Gasteiger partial charge < -0.3 is 9.90 Å². The molecule has 0 unspecified atom stereocenters. The lowest BCUT2D eigenvalue weighted by Crippen LogP contribution is -2.29. The number of aryl methyl sites for hydroxylation is 1. The van der Waals surface area contributed by atoms with Crippen LogP contribution in [0.3, 0.4) is 0 Å². The van der Waals surface area contributed by atoms with Crippen molar-refractivity contribution < 1.29 is 14.5 Å². The molecule has 0 aliphatic carbocycles. The summed E-state index contributed by atoms with van der Waals surface area (Å²) in [5.74, 6) is -0.0255. The summed E-state index contributed by atoms with van der Waals surface area (Å²) < 4.78 is 3.73. The third-order valence-corrected chi connectivity index (χ3v) is 2.09. The minimum absolute atomic E-state index is 0.0296. The molecule has 1 rings (SSSR count). The Bertz CT molecular complexity index is 315. The molecule has 0 N–H and O–H groups in total. The first-order chi connectivity index (χ1) is 5.52. The number of carboxylic acid groups (broad SMARTS) is 1. The minimum atomic E-state index is -1.05. The van der Waals surface area contributed by atoms with Gasteiger partial charge in [0.25, 0.3) is 5.82 Å². The summed E-state index contributed by atoms with van der Waals surface area (Å²) in [7, 11) is 3.72. The molecule has 0 saturated carbocycles. The summed E-state index contributed by atoms with van der Waals surface area (Å²) in [5, 5.41) is 10.3. The Morgan fingerprint density at radius 2 is 2.33 bits per heavy atom. The molecule has 12 heavy (non-hydrogen) atoms. The van der Waals surface area contributed by atoms with Gasteiger partial charge in [0.05, 0.1) is 20.5 Å². The molecule has 0 spiro atoms. The molecule has 0 bridgehead atoms. The standard InChI is InChI=1S/C8H12N2O2/c1-6-9(2)5-7(10(6)3)4-8(11)12/h5H,4H2,1-3H3. The number of aliphatic carboxylic acids is 1. The van der Waals surface area contributed by atoms with Crippen LogP contribution < -0.4 is 9.67 Å². The van der Waals surface area contributed by atoms with E-state index < -0.39 is 5.97 Å². The minimum Gasteiger partial charge on any atom is -0.550 e. The average Bonchev–Trinajstić information content (AvgIpc) is 2.17. The predicted octanol–water partition coefficient (Wildman–Crippen LogP) is -1.55. The third-order valence-electron chi connectivity index (χ3n) is 2.09. The SMILES string of the molecule is Cc1n(C)c(CC(=O)[O-])c[n+]1C. The van der Waals surface area contributed by atoms with E-state index in [9.17, 15) is 9.90 Å². The van der Waals surface area contributed by atoms with Crippen LogP contribution >= 0.6 is 0 Å². The smallest absolute Gasteiger partial charge is 0.253 e. The Hall–Kier alpha value is -1.32. The highest BCUT2D eigenvalue weighted by atomic mass is 16.4. The van der Waals surface area contributed by atoms with Crippen molar-refractivity contribution in [2.24, 2.45) is 14.1 Å². The van der Waals surface area contributed by atoms with Crippen LogP contribution in [0.15, 0.2) is 6.20 Å². The van der Waals surface area contributed by atoms with Gasteiger partial charge in [0.15, 0.2) is 0 Å². The van der Waals surface area contributed by atoms with E-state index in [2.05, 4.69) is 0 Å². The number of carbonyl (C=O) groups excluding carboxylic acids is 1. The first-order valence-electron chi connectivity index (χ1n) is 3.73. The van der Waals surface area contributed by atoms with Crippen LogP contribution in [0.4, 0.5) is 0 Å². The number of imidazole rings is 1. The maximum Gasteiger partial charge on any atom is 0.253 e. The second-order valence-electron chi connectivity index (χ2n) is 2.89.